The lowest BCUT2D eigenvalue weighted by molar-refractivity contribution is -0.122. The molecule has 9 heteroatoms. The highest BCUT2D eigenvalue weighted by atomic mass is 32.2. The second kappa shape index (κ2) is 9.36. The molecule has 3 rings (SSSR count). The Morgan fingerprint density at radius 2 is 1.80 bits per heavy atom. The summed E-state index contributed by atoms with van der Waals surface area (Å²) in [5, 5.41) is 0. The van der Waals surface area contributed by atoms with Crippen LogP contribution in [0.4, 0.5) is 5.69 Å². The number of hydrogen-bond acceptors (Lipinski definition) is 6. The van der Waals surface area contributed by atoms with E-state index in [2.05, 4.69) is 4.90 Å². The van der Waals surface area contributed by atoms with Crippen molar-refractivity contribution in [3.63, 3.8) is 0 Å². The van der Waals surface area contributed by atoms with Crippen molar-refractivity contribution in [2.75, 3.05) is 32.2 Å². The molecule has 2 aromatic carbocycles. The van der Waals surface area contributed by atoms with Gasteiger partial charge in [0.1, 0.15) is 11.5 Å². The molecule has 0 bridgehead atoms. The fourth-order valence-corrected chi connectivity index (χ4v) is 4.41. The van der Waals surface area contributed by atoms with Gasteiger partial charge in [0.05, 0.1) is 25.8 Å². The summed E-state index contributed by atoms with van der Waals surface area (Å²) in [5.74, 6) is -0.235. The van der Waals surface area contributed by atoms with Crippen LogP contribution in [0, 0.1) is 5.92 Å². The number of benzene rings is 2. The second-order valence-electron chi connectivity index (χ2n) is 7.19. The number of para-hydroxylation sites is 2. The van der Waals surface area contributed by atoms with E-state index in [9.17, 15) is 13.2 Å². The lowest BCUT2D eigenvalue weighted by Crippen LogP contribution is -2.42. The van der Waals surface area contributed by atoms with E-state index in [-0.39, 0.29) is 5.92 Å². The largest absolute Gasteiger partial charge is 0.497 e. The topological polar surface area (TPSA) is 105 Å². The Labute approximate surface area is 176 Å². The van der Waals surface area contributed by atoms with Crippen LogP contribution in [-0.4, -0.2) is 46.2 Å². The molecular formula is C21H26N2O6S. The van der Waals surface area contributed by atoms with Crippen LogP contribution in [0.1, 0.15) is 24.3 Å². The van der Waals surface area contributed by atoms with Crippen LogP contribution >= 0.6 is 0 Å². The first-order valence-corrected chi connectivity index (χ1v) is 11.1. The molecule has 0 spiro atoms. The maximum Gasteiger partial charge on any atom is 0.359 e. The number of anilines is 1. The van der Waals surface area contributed by atoms with Crippen molar-refractivity contribution in [3.8, 4) is 11.5 Å². The van der Waals surface area contributed by atoms with Gasteiger partial charge in [-0.1, -0.05) is 24.3 Å². The monoisotopic (exact) mass is 434 g/mol. The molecule has 1 heterocycles. The molecule has 2 N–H and O–H groups in total. The highest BCUT2D eigenvalue weighted by Gasteiger charge is 2.35. The van der Waals surface area contributed by atoms with Crippen LogP contribution in [0.15, 0.2) is 48.5 Å². The van der Waals surface area contributed by atoms with Crippen LogP contribution in [0.3, 0.4) is 0 Å². The Kier molecular flexibility index (Phi) is 6.84. The van der Waals surface area contributed by atoms with E-state index in [1.54, 1.807) is 36.1 Å². The van der Waals surface area contributed by atoms with Crippen molar-refractivity contribution in [1.82, 2.24) is 4.72 Å². The second-order valence-corrected chi connectivity index (χ2v) is 8.35. The number of piperidine rings is 1. The summed E-state index contributed by atoms with van der Waals surface area (Å²) >= 11 is 0. The minimum atomic E-state index is -4.65. The molecule has 8 nitrogen and oxygen atoms in total. The Bertz CT molecular complexity index is 986. The summed E-state index contributed by atoms with van der Waals surface area (Å²) in [6.07, 6.45) is 1.33. The SMILES string of the molecule is COc1cccc(C(C(=O)NS(=O)(=O)O)C2CCN(c3ccccc3OC)CC2)c1. The number of carbonyl (C=O) groups excluding carboxylic acids is 1. The smallest absolute Gasteiger partial charge is 0.359 e. The Balaban J connectivity index is 1.83. The number of ether oxygens (including phenoxy) is 2. The fourth-order valence-electron chi connectivity index (χ4n) is 4.03. The summed E-state index contributed by atoms with van der Waals surface area (Å²) in [7, 11) is -1.50. The molecule has 1 amide bonds. The Morgan fingerprint density at radius 3 is 2.43 bits per heavy atom. The summed E-state index contributed by atoms with van der Waals surface area (Å²) in [6, 6.07) is 14.8. The Morgan fingerprint density at radius 1 is 1.10 bits per heavy atom. The third-order valence-electron chi connectivity index (χ3n) is 5.40. The van der Waals surface area contributed by atoms with Gasteiger partial charge in [-0.2, -0.15) is 8.42 Å². The molecule has 30 heavy (non-hydrogen) atoms. The number of amides is 1. The van der Waals surface area contributed by atoms with Gasteiger partial charge in [0.15, 0.2) is 0 Å². The van der Waals surface area contributed by atoms with Crippen molar-refractivity contribution in [3.05, 3.63) is 54.1 Å². The van der Waals surface area contributed by atoms with Crippen molar-refractivity contribution in [1.29, 1.82) is 0 Å². The zero-order chi connectivity index (χ0) is 21.7. The highest BCUT2D eigenvalue weighted by Crippen LogP contribution is 2.37. The first kappa shape index (κ1) is 21.9. The minimum Gasteiger partial charge on any atom is -0.497 e. The van der Waals surface area contributed by atoms with E-state index in [1.165, 1.54) is 7.11 Å². The molecule has 162 valence electrons. The molecular weight excluding hydrogens is 408 g/mol. The summed E-state index contributed by atoms with van der Waals surface area (Å²) in [6.45, 7) is 1.37. The highest BCUT2D eigenvalue weighted by molar-refractivity contribution is 7.84. The fraction of sp³-hybridized carbons (Fsp3) is 0.381. The molecule has 2 aromatic rings. The number of hydrogen-bond donors (Lipinski definition) is 2. The van der Waals surface area contributed by atoms with Gasteiger partial charge in [-0.05, 0) is 48.6 Å². The van der Waals surface area contributed by atoms with E-state index in [1.807, 2.05) is 24.3 Å². The van der Waals surface area contributed by atoms with E-state index in [0.29, 0.717) is 37.2 Å². The molecule has 0 saturated carbocycles. The molecule has 1 fully saturated rings. The van der Waals surface area contributed by atoms with Gasteiger partial charge >= 0.3 is 10.3 Å². The number of carbonyl (C=O) groups is 1. The predicted octanol–water partition coefficient (Wildman–Crippen LogP) is 2.62. The number of rotatable bonds is 7. The predicted molar refractivity (Wildman–Crippen MR) is 113 cm³/mol. The molecule has 1 atom stereocenters. The number of nitrogens with zero attached hydrogens (tertiary/aromatic N) is 1. The molecule has 1 aliphatic heterocycles. The Hall–Kier alpha value is -2.78. The van der Waals surface area contributed by atoms with Crippen LogP contribution in [0.2, 0.25) is 0 Å². The van der Waals surface area contributed by atoms with Gasteiger partial charge in [-0.15, -0.1) is 0 Å². The van der Waals surface area contributed by atoms with Gasteiger partial charge in [-0.25, -0.2) is 4.72 Å². The zero-order valence-electron chi connectivity index (χ0n) is 16.9. The summed E-state index contributed by atoms with van der Waals surface area (Å²) in [5.41, 5.74) is 1.63. The van der Waals surface area contributed by atoms with E-state index in [0.717, 1.165) is 11.4 Å². The first-order valence-electron chi connectivity index (χ1n) is 9.63. The van der Waals surface area contributed by atoms with Crippen LogP contribution in [-0.2, 0) is 15.1 Å². The normalized spacial score (nSPS) is 16.0. The quantitative estimate of drug-likeness (QED) is 0.646. The number of nitrogens with one attached hydrogen (secondary N) is 1. The third-order valence-corrected chi connectivity index (χ3v) is 5.86. The van der Waals surface area contributed by atoms with Gasteiger partial charge in [0, 0.05) is 13.1 Å². The van der Waals surface area contributed by atoms with Crippen LogP contribution < -0.4 is 19.1 Å². The zero-order valence-corrected chi connectivity index (χ0v) is 17.8. The summed E-state index contributed by atoms with van der Waals surface area (Å²) < 4.78 is 44.1. The van der Waals surface area contributed by atoms with Crippen LogP contribution in [0.25, 0.3) is 0 Å². The first-order chi connectivity index (χ1) is 14.3. The molecule has 1 aliphatic rings. The van der Waals surface area contributed by atoms with Crippen LogP contribution in [0.5, 0.6) is 11.5 Å². The van der Waals surface area contributed by atoms with E-state index >= 15 is 0 Å². The van der Waals surface area contributed by atoms with Gasteiger partial charge in [0.2, 0.25) is 5.91 Å². The van der Waals surface area contributed by atoms with E-state index in [4.69, 9.17) is 14.0 Å². The maximum atomic E-state index is 12.8. The summed E-state index contributed by atoms with van der Waals surface area (Å²) in [4.78, 5) is 15.0. The lowest BCUT2D eigenvalue weighted by Gasteiger charge is -2.37. The van der Waals surface area contributed by atoms with Crippen molar-refractivity contribution < 1.29 is 27.2 Å². The van der Waals surface area contributed by atoms with Gasteiger partial charge in [-0.3, -0.25) is 9.35 Å². The van der Waals surface area contributed by atoms with Gasteiger partial charge < -0.3 is 14.4 Å². The van der Waals surface area contributed by atoms with Crippen molar-refractivity contribution >= 4 is 21.9 Å². The lowest BCUT2D eigenvalue weighted by atomic mass is 9.79. The molecule has 0 radical (unpaired) electrons. The van der Waals surface area contributed by atoms with Crippen molar-refractivity contribution in [2.45, 2.75) is 18.8 Å². The minimum absolute atomic E-state index is 0.107. The third kappa shape index (κ3) is 5.22. The van der Waals surface area contributed by atoms with E-state index < -0.39 is 22.1 Å². The number of methoxy groups -OCH3 is 2. The molecule has 1 unspecified atom stereocenters. The average Bonchev–Trinajstić information content (AvgIpc) is 2.73. The maximum absolute atomic E-state index is 12.8. The molecule has 0 aliphatic carbocycles. The van der Waals surface area contributed by atoms with Gasteiger partial charge in [0.25, 0.3) is 0 Å². The van der Waals surface area contributed by atoms with Crippen molar-refractivity contribution in [2.24, 2.45) is 5.92 Å². The average molecular weight is 435 g/mol. The standard InChI is InChI=1S/C21H26N2O6S/c1-28-17-7-5-6-16(14-17)20(21(24)22-30(25,26)27)15-10-12-23(13-11-15)18-8-3-4-9-19(18)29-2/h3-9,14-15,20H,10-13H2,1-2H3,(H,22,24)(H,25,26,27). The molecule has 1 saturated heterocycles. The molecule has 0 aromatic heterocycles.